The lowest BCUT2D eigenvalue weighted by atomic mass is 9.85. The largest absolute Gasteiger partial charge is 0.459 e. The van der Waals surface area contributed by atoms with Crippen LogP contribution in [0.1, 0.15) is 53.9 Å². The van der Waals surface area contributed by atoms with Crippen LogP contribution in [-0.4, -0.2) is 61.5 Å². The van der Waals surface area contributed by atoms with Crippen LogP contribution in [0.25, 0.3) is 0 Å². The third-order valence-electron chi connectivity index (χ3n) is 5.79. The maximum atomic E-state index is 12.0. The number of epoxide rings is 1. The Balaban J connectivity index is 1.36. The Kier molecular flexibility index (Phi) is 8.50. The molecule has 0 aromatic carbocycles. The summed E-state index contributed by atoms with van der Waals surface area (Å²) in [7, 11) is 0. The first kappa shape index (κ1) is 25.6. The van der Waals surface area contributed by atoms with Gasteiger partial charge in [-0.25, -0.2) is 0 Å². The minimum Gasteiger partial charge on any atom is -0.459 e. The molecular formula is C25H37NO7. The zero-order valence-electron chi connectivity index (χ0n) is 20.3. The van der Waals surface area contributed by atoms with Gasteiger partial charge in [-0.05, 0) is 40.2 Å². The van der Waals surface area contributed by atoms with E-state index in [1.54, 1.807) is 6.92 Å². The molecule has 3 aliphatic rings. The number of hydrogen-bond donors (Lipinski definition) is 1. The molecule has 33 heavy (non-hydrogen) atoms. The molecule has 1 spiro atoms. The van der Waals surface area contributed by atoms with Gasteiger partial charge in [0.2, 0.25) is 12.3 Å². The lowest BCUT2D eigenvalue weighted by Crippen LogP contribution is -2.44. The molecule has 3 atom stereocenters. The minimum atomic E-state index is -0.781. The van der Waals surface area contributed by atoms with Crippen molar-refractivity contribution in [1.29, 1.82) is 0 Å². The second-order valence-corrected chi connectivity index (χ2v) is 9.86. The first-order valence-electron chi connectivity index (χ1n) is 11.6. The van der Waals surface area contributed by atoms with Crippen LogP contribution >= 0.6 is 0 Å². The minimum absolute atomic E-state index is 0.0213. The second-order valence-electron chi connectivity index (χ2n) is 9.86. The van der Waals surface area contributed by atoms with E-state index >= 15 is 0 Å². The number of esters is 1. The van der Waals surface area contributed by atoms with E-state index in [0.29, 0.717) is 13.2 Å². The molecule has 8 heteroatoms. The molecule has 0 unspecified atom stereocenters. The average molecular weight is 464 g/mol. The molecule has 1 amide bonds. The molecule has 3 fully saturated rings. The predicted molar refractivity (Wildman–Crippen MR) is 122 cm³/mol. The highest BCUT2D eigenvalue weighted by molar-refractivity contribution is 5.87. The number of carbonyl (C=O) groups is 2. The van der Waals surface area contributed by atoms with Crippen molar-refractivity contribution in [2.75, 3.05) is 19.8 Å². The normalized spacial score (nSPS) is 32.8. The number of ether oxygens (including phenoxy) is 5. The molecule has 3 rings (SSSR count). The molecule has 0 aromatic rings. The fourth-order valence-electron chi connectivity index (χ4n) is 4.27. The number of nitrogens with one attached hydrogen (secondary N) is 1. The molecule has 0 aromatic heterocycles. The standard InChI is InChI=1S/C25H37NO7/c1-17(7-10-21-12-25(16-31-25)15-24(4,5)33-21)6-9-20-13-29-23(30-14-20)26-22(28)11-8-18(2)32-19(3)27/h6-8,10-11,18,20-21,23H,9,12-16H2,1-5H3,(H,26,28)/t18-,20?,21+,23?,25+/m0/s1. The zero-order valence-corrected chi connectivity index (χ0v) is 20.3. The fourth-order valence-corrected chi connectivity index (χ4v) is 4.27. The summed E-state index contributed by atoms with van der Waals surface area (Å²) in [4.78, 5) is 22.8. The van der Waals surface area contributed by atoms with E-state index in [2.05, 4.69) is 44.3 Å². The Morgan fingerprint density at radius 3 is 2.52 bits per heavy atom. The van der Waals surface area contributed by atoms with Gasteiger partial charge in [0, 0.05) is 31.8 Å². The Bertz CT molecular complexity index is 783. The van der Waals surface area contributed by atoms with Gasteiger partial charge < -0.3 is 29.0 Å². The van der Waals surface area contributed by atoms with E-state index < -0.39 is 18.5 Å². The monoisotopic (exact) mass is 463 g/mol. The lowest BCUT2D eigenvalue weighted by Gasteiger charge is -2.38. The van der Waals surface area contributed by atoms with Crippen LogP contribution in [0.15, 0.2) is 36.0 Å². The van der Waals surface area contributed by atoms with Crippen molar-refractivity contribution in [3.8, 4) is 0 Å². The van der Waals surface area contributed by atoms with E-state index in [0.717, 1.165) is 31.4 Å². The number of amides is 1. The number of carbonyl (C=O) groups excluding carboxylic acids is 2. The Hall–Kier alpha value is -2.00. The van der Waals surface area contributed by atoms with E-state index in [1.165, 1.54) is 19.1 Å². The third-order valence-corrected chi connectivity index (χ3v) is 5.79. The van der Waals surface area contributed by atoms with Crippen LogP contribution in [-0.2, 0) is 33.3 Å². The van der Waals surface area contributed by atoms with Crippen LogP contribution in [0.5, 0.6) is 0 Å². The summed E-state index contributed by atoms with van der Waals surface area (Å²) < 4.78 is 28.1. The van der Waals surface area contributed by atoms with Crippen molar-refractivity contribution in [1.82, 2.24) is 5.32 Å². The summed E-state index contributed by atoms with van der Waals surface area (Å²) in [6.07, 6.45) is 10.7. The lowest BCUT2D eigenvalue weighted by molar-refractivity contribution is -0.213. The topological polar surface area (TPSA) is 95.6 Å². The molecule has 1 N–H and O–H groups in total. The third kappa shape index (κ3) is 8.70. The van der Waals surface area contributed by atoms with E-state index in [9.17, 15) is 9.59 Å². The first-order valence-corrected chi connectivity index (χ1v) is 11.6. The van der Waals surface area contributed by atoms with Gasteiger partial charge in [0.15, 0.2) is 0 Å². The first-order chi connectivity index (χ1) is 15.5. The quantitative estimate of drug-likeness (QED) is 0.256. The SMILES string of the molecule is CC(=O)O[C@@H](C)C=CC(=O)NC1OCC(CC=C(C)C=C[C@@H]2C[C@]3(CO3)CC(C)(C)O2)CO1. The summed E-state index contributed by atoms with van der Waals surface area (Å²) in [6, 6.07) is 0. The maximum Gasteiger partial charge on any atom is 0.303 e. The summed E-state index contributed by atoms with van der Waals surface area (Å²) >= 11 is 0. The van der Waals surface area contributed by atoms with E-state index in [1.807, 2.05) is 0 Å². The maximum absolute atomic E-state index is 12.0. The van der Waals surface area contributed by atoms with Crippen LogP contribution in [0.3, 0.4) is 0 Å². The van der Waals surface area contributed by atoms with Crippen LogP contribution < -0.4 is 5.32 Å². The molecule has 0 aliphatic carbocycles. The number of rotatable bonds is 8. The summed E-state index contributed by atoms with van der Waals surface area (Å²) in [6.45, 7) is 11.1. The van der Waals surface area contributed by atoms with Crippen molar-refractivity contribution in [2.45, 2.75) is 83.7 Å². The summed E-state index contributed by atoms with van der Waals surface area (Å²) in [5.41, 5.74) is 1.02. The predicted octanol–water partition coefficient (Wildman–Crippen LogP) is 3.18. The average Bonchev–Trinajstić information content (AvgIpc) is 3.46. The molecule has 184 valence electrons. The molecule has 3 heterocycles. The summed E-state index contributed by atoms with van der Waals surface area (Å²) in [5, 5.41) is 2.63. The highest BCUT2D eigenvalue weighted by Crippen LogP contribution is 2.46. The fraction of sp³-hybridized carbons (Fsp3) is 0.680. The van der Waals surface area contributed by atoms with Crippen LogP contribution in [0.2, 0.25) is 0 Å². The second kappa shape index (κ2) is 11.0. The molecule has 0 radical (unpaired) electrons. The van der Waals surface area contributed by atoms with Crippen molar-refractivity contribution in [3.05, 3.63) is 36.0 Å². The Morgan fingerprint density at radius 1 is 1.18 bits per heavy atom. The molecule has 3 aliphatic heterocycles. The van der Waals surface area contributed by atoms with Gasteiger partial charge in [-0.1, -0.05) is 23.8 Å². The zero-order chi connectivity index (χ0) is 24.1. The van der Waals surface area contributed by atoms with Gasteiger partial charge in [-0.15, -0.1) is 0 Å². The molecule has 0 bridgehead atoms. The Labute approximate surface area is 196 Å². The van der Waals surface area contributed by atoms with Crippen molar-refractivity contribution in [3.63, 3.8) is 0 Å². The van der Waals surface area contributed by atoms with Crippen molar-refractivity contribution < 1.29 is 33.3 Å². The molecule has 3 saturated heterocycles. The van der Waals surface area contributed by atoms with Crippen LogP contribution in [0.4, 0.5) is 0 Å². The molecule has 0 saturated carbocycles. The summed E-state index contributed by atoms with van der Waals surface area (Å²) in [5.74, 6) is -0.552. The van der Waals surface area contributed by atoms with E-state index in [4.69, 9.17) is 23.7 Å². The van der Waals surface area contributed by atoms with E-state index in [-0.39, 0.29) is 29.1 Å². The van der Waals surface area contributed by atoms with Crippen molar-refractivity contribution in [2.24, 2.45) is 5.92 Å². The van der Waals surface area contributed by atoms with Gasteiger partial charge in [-0.3, -0.25) is 9.59 Å². The highest BCUT2D eigenvalue weighted by atomic mass is 16.7. The van der Waals surface area contributed by atoms with Crippen LogP contribution in [0, 0.1) is 5.92 Å². The number of hydrogen-bond acceptors (Lipinski definition) is 7. The Morgan fingerprint density at radius 2 is 1.88 bits per heavy atom. The number of allylic oxidation sites excluding steroid dienone is 3. The molecule has 8 nitrogen and oxygen atoms in total. The van der Waals surface area contributed by atoms with Gasteiger partial charge in [0.25, 0.3) is 0 Å². The highest BCUT2D eigenvalue weighted by Gasteiger charge is 2.53. The van der Waals surface area contributed by atoms with Gasteiger partial charge in [0.05, 0.1) is 37.1 Å². The van der Waals surface area contributed by atoms with Gasteiger partial charge in [-0.2, -0.15) is 0 Å². The van der Waals surface area contributed by atoms with Crippen molar-refractivity contribution >= 4 is 11.9 Å². The smallest absolute Gasteiger partial charge is 0.303 e. The van der Waals surface area contributed by atoms with Gasteiger partial charge in [0.1, 0.15) is 6.10 Å². The van der Waals surface area contributed by atoms with Gasteiger partial charge >= 0.3 is 5.97 Å². The molecular weight excluding hydrogens is 426 g/mol.